The maximum absolute atomic E-state index is 12.1. The summed E-state index contributed by atoms with van der Waals surface area (Å²) in [5.41, 5.74) is 1.26. The molecule has 110 valence electrons. The zero-order chi connectivity index (χ0) is 14.4. The molecule has 0 heterocycles. The predicted molar refractivity (Wildman–Crippen MR) is 79.4 cm³/mol. The van der Waals surface area contributed by atoms with Gasteiger partial charge in [0.15, 0.2) is 0 Å². The van der Waals surface area contributed by atoms with E-state index >= 15 is 0 Å². The second-order valence-corrected chi connectivity index (χ2v) is 5.55. The van der Waals surface area contributed by atoms with E-state index in [0.29, 0.717) is 19.2 Å². The summed E-state index contributed by atoms with van der Waals surface area (Å²) in [4.78, 5) is 14.3. The second kappa shape index (κ2) is 7.41. The molecule has 1 fully saturated rings. The van der Waals surface area contributed by atoms with Crippen LogP contribution in [0.4, 0.5) is 0 Å². The lowest BCUT2D eigenvalue weighted by Crippen LogP contribution is -2.43. The highest BCUT2D eigenvalue weighted by Crippen LogP contribution is 2.27. The fraction of sp³-hybridized carbons (Fsp3) is 0.562. The van der Waals surface area contributed by atoms with Gasteiger partial charge >= 0.3 is 0 Å². The smallest absolute Gasteiger partial charge is 0.234 e. The average molecular weight is 276 g/mol. The molecule has 0 aromatic heterocycles. The van der Waals surface area contributed by atoms with Crippen LogP contribution in [0.1, 0.15) is 25.3 Å². The van der Waals surface area contributed by atoms with Crippen molar-refractivity contribution in [1.82, 2.24) is 10.2 Å². The summed E-state index contributed by atoms with van der Waals surface area (Å²) in [7, 11) is 1.65. The lowest BCUT2D eigenvalue weighted by atomic mass is 10.2. The van der Waals surface area contributed by atoms with Gasteiger partial charge in [-0.05, 0) is 25.3 Å². The van der Waals surface area contributed by atoms with Crippen LogP contribution in [-0.2, 0) is 16.1 Å². The minimum absolute atomic E-state index is 0.0604. The highest BCUT2D eigenvalue weighted by Gasteiger charge is 2.30. The Kier molecular flexibility index (Phi) is 5.56. The van der Waals surface area contributed by atoms with E-state index in [0.717, 1.165) is 6.54 Å². The van der Waals surface area contributed by atoms with Crippen molar-refractivity contribution in [3.63, 3.8) is 0 Å². The molecule has 1 aliphatic rings. The van der Waals surface area contributed by atoms with Crippen LogP contribution in [0.2, 0.25) is 0 Å². The van der Waals surface area contributed by atoms with Crippen molar-refractivity contribution in [3.05, 3.63) is 35.9 Å². The van der Waals surface area contributed by atoms with Gasteiger partial charge in [0.05, 0.1) is 13.2 Å². The lowest BCUT2D eigenvalue weighted by Gasteiger charge is -2.22. The van der Waals surface area contributed by atoms with Crippen molar-refractivity contribution < 1.29 is 9.53 Å². The number of benzene rings is 1. The summed E-state index contributed by atoms with van der Waals surface area (Å²) >= 11 is 0. The van der Waals surface area contributed by atoms with Crippen LogP contribution in [0.25, 0.3) is 0 Å². The third-order valence-corrected chi connectivity index (χ3v) is 3.46. The van der Waals surface area contributed by atoms with Crippen molar-refractivity contribution in [3.8, 4) is 0 Å². The molecule has 2 rings (SSSR count). The molecular formula is C16H24N2O2. The van der Waals surface area contributed by atoms with Gasteiger partial charge in [0.25, 0.3) is 0 Å². The molecule has 1 unspecified atom stereocenters. The van der Waals surface area contributed by atoms with Gasteiger partial charge in [-0.25, -0.2) is 0 Å². The maximum Gasteiger partial charge on any atom is 0.234 e. The highest BCUT2D eigenvalue weighted by molar-refractivity contribution is 5.78. The van der Waals surface area contributed by atoms with E-state index in [2.05, 4.69) is 22.3 Å². The summed E-state index contributed by atoms with van der Waals surface area (Å²) in [5, 5.41) is 2.97. The standard InChI is InChI=1S/C16H24N2O2/c1-13(12-20-2)17-16(19)11-18(15-8-9-15)10-14-6-4-3-5-7-14/h3-7,13,15H,8-12H2,1-2H3,(H,17,19). The molecule has 1 aromatic carbocycles. The average Bonchev–Trinajstić information content (AvgIpc) is 3.23. The van der Waals surface area contributed by atoms with E-state index in [9.17, 15) is 4.79 Å². The number of carbonyl (C=O) groups excluding carboxylic acids is 1. The highest BCUT2D eigenvalue weighted by atomic mass is 16.5. The van der Waals surface area contributed by atoms with E-state index in [1.54, 1.807) is 7.11 Å². The molecule has 1 atom stereocenters. The Bertz CT molecular complexity index is 418. The van der Waals surface area contributed by atoms with Crippen molar-refractivity contribution >= 4 is 5.91 Å². The quantitative estimate of drug-likeness (QED) is 0.787. The number of ether oxygens (including phenoxy) is 1. The molecule has 4 heteroatoms. The van der Waals surface area contributed by atoms with Crippen LogP contribution in [0, 0.1) is 0 Å². The number of carbonyl (C=O) groups is 1. The normalized spacial score (nSPS) is 16.1. The van der Waals surface area contributed by atoms with Gasteiger partial charge in [-0.1, -0.05) is 30.3 Å². The Morgan fingerprint density at radius 1 is 1.40 bits per heavy atom. The summed E-state index contributed by atoms with van der Waals surface area (Å²) < 4.78 is 5.04. The molecule has 1 aliphatic carbocycles. The third kappa shape index (κ3) is 4.94. The zero-order valence-electron chi connectivity index (χ0n) is 12.3. The minimum Gasteiger partial charge on any atom is -0.383 e. The number of nitrogens with zero attached hydrogens (tertiary/aromatic N) is 1. The van der Waals surface area contributed by atoms with Gasteiger partial charge in [0.2, 0.25) is 5.91 Å². The van der Waals surface area contributed by atoms with Crippen LogP contribution in [0.3, 0.4) is 0 Å². The Morgan fingerprint density at radius 3 is 2.70 bits per heavy atom. The first-order valence-electron chi connectivity index (χ1n) is 7.25. The number of hydrogen-bond acceptors (Lipinski definition) is 3. The maximum atomic E-state index is 12.1. The van der Waals surface area contributed by atoms with Crippen LogP contribution < -0.4 is 5.32 Å². The zero-order valence-corrected chi connectivity index (χ0v) is 12.3. The van der Waals surface area contributed by atoms with Crippen molar-refractivity contribution in [1.29, 1.82) is 0 Å². The summed E-state index contributed by atoms with van der Waals surface area (Å²) in [5.74, 6) is 0.0809. The molecular weight excluding hydrogens is 252 g/mol. The van der Waals surface area contributed by atoms with Crippen molar-refractivity contribution in [2.24, 2.45) is 0 Å². The first-order chi connectivity index (χ1) is 9.69. The van der Waals surface area contributed by atoms with Gasteiger partial charge in [-0.3, -0.25) is 9.69 Å². The molecule has 1 saturated carbocycles. The van der Waals surface area contributed by atoms with Gasteiger partial charge in [-0.15, -0.1) is 0 Å². The van der Waals surface area contributed by atoms with Crippen molar-refractivity contribution in [2.45, 2.75) is 38.4 Å². The minimum atomic E-state index is 0.0604. The molecule has 1 N–H and O–H groups in total. The fourth-order valence-electron chi connectivity index (χ4n) is 2.37. The molecule has 20 heavy (non-hydrogen) atoms. The molecule has 0 saturated heterocycles. The summed E-state index contributed by atoms with van der Waals surface area (Å²) in [6.07, 6.45) is 2.40. The van der Waals surface area contributed by atoms with Gasteiger partial charge < -0.3 is 10.1 Å². The van der Waals surface area contributed by atoms with Crippen LogP contribution in [-0.4, -0.2) is 43.2 Å². The largest absolute Gasteiger partial charge is 0.383 e. The Hall–Kier alpha value is -1.39. The topological polar surface area (TPSA) is 41.6 Å². The van der Waals surface area contributed by atoms with E-state index in [1.807, 2.05) is 25.1 Å². The van der Waals surface area contributed by atoms with Crippen LogP contribution in [0.15, 0.2) is 30.3 Å². The Morgan fingerprint density at radius 2 is 2.10 bits per heavy atom. The lowest BCUT2D eigenvalue weighted by molar-refractivity contribution is -0.123. The van der Waals surface area contributed by atoms with Gasteiger partial charge in [0.1, 0.15) is 0 Å². The van der Waals surface area contributed by atoms with Crippen LogP contribution >= 0.6 is 0 Å². The number of amides is 1. The summed E-state index contributed by atoms with van der Waals surface area (Å²) in [6.45, 7) is 3.82. The molecule has 0 bridgehead atoms. The number of nitrogens with one attached hydrogen (secondary N) is 1. The SMILES string of the molecule is COCC(C)NC(=O)CN(Cc1ccccc1)C1CC1. The van der Waals surface area contributed by atoms with Crippen molar-refractivity contribution in [2.75, 3.05) is 20.3 Å². The number of methoxy groups -OCH3 is 1. The Labute approximate surface area is 121 Å². The Balaban J connectivity index is 1.85. The molecule has 0 spiro atoms. The summed E-state index contributed by atoms with van der Waals surface area (Å²) in [6, 6.07) is 11.0. The number of rotatable bonds is 8. The third-order valence-electron chi connectivity index (χ3n) is 3.46. The first kappa shape index (κ1) is 15.0. The fourth-order valence-corrected chi connectivity index (χ4v) is 2.37. The van der Waals surface area contributed by atoms with E-state index in [-0.39, 0.29) is 11.9 Å². The van der Waals surface area contributed by atoms with Gasteiger partial charge in [0, 0.05) is 25.7 Å². The molecule has 1 amide bonds. The van der Waals surface area contributed by atoms with Crippen LogP contribution in [0.5, 0.6) is 0 Å². The van der Waals surface area contributed by atoms with Gasteiger partial charge in [-0.2, -0.15) is 0 Å². The monoisotopic (exact) mass is 276 g/mol. The van der Waals surface area contributed by atoms with E-state index in [1.165, 1.54) is 18.4 Å². The van der Waals surface area contributed by atoms with E-state index < -0.39 is 0 Å². The molecule has 0 radical (unpaired) electrons. The second-order valence-electron chi connectivity index (χ2n) is 5.55. The number of hydrogen-bond donors (Lipinski definition) is 1. The first-order valence-corrected chi connectivity index (χ1v) is 7.25. The predicted octanol–water partition coefficient (Wildman–Crippen LogP) is 1.80. The molecule has 0 aliphatic heterocycles. The molecule has 1 aromatic rings. The molecule has 4 nitrogen and oxygen atoms in total. The van der Waals surface area contributed by atoms with E-state index in [4.69, 9.17) is 4.74 Å².